The van der Waals surface area contributed by atoms with Crippen molar-refractivity contribution in [3.8, 4) is 22.5 Å². The van der Waals surface area contributed by atoms with Crippen LogP contribution in [-0.4, -0.2) is 9.13 Å². The van der Waals surface area contributed by atoms with Gasteiger partial charge in [0, 0.05) is 48.8 Å². The van der Waals surface area contributed by atoms with Gasteiger partial charge in [0.15, 0.2) is 5.58 Å². The highest BCUT2D eigenvalue weighted by Crippen LogP contribution is 2.43. The normalized spacial score (nSPS) is 12.2. The molecule has 4 aromatic heterocycles. The Bertz CT molecular complexity index is 3320. The van der Waals surface area contributed by atoms with Gasteiger partial charge >= 0.3 is 0 Å². The molecule has 12 aromatic rings. The summed E-state index contributed by atoms with van der Waals surface area (Å²) in [5.41, 5.74) is 12.5. The summed E-state index contributed by atoms with van der Waals surface area (Å²) in [6.07, 6.45) is 0. The van der Waals surface area contributed by atoms with Crippen LogP contribution in [0.5, 0.6) is 0 Å². The molecule has 0 unspecified atom stereocenters. The molecule has 0 aliphatic heterocycles. The molecule has 0 saturated carbocycles. The lowest BCUT2D eigenvalue weighted by atomic mass is 9.99. The van der Waals surface area contributed by atoms with E-state index in [0.717, 1.165) is 77.4 Å². The fourth-order valence-corrected chi connectivity index (χ4v) is 8.61. The van der Waals surface area contributed by atoms with Crippen molar-refractivity contribution < 1.29 is 8.83 Å². The largest absolute Gasteiger partial charge is 0.456 e. The van der Waals surface area contributed by atoms with Crippen molar-refractivity contribution in [2.75, 3.05) is 0 Å². The molecule has 4 heterocycles. The Kier molecular flexibility index (Phi) is 5.47. The third-order valence-electron chi connectivity index (χ3n) is 10.9. The third-order valence-corrected chi connectivity index (χ3v) is 10.9. The summed E-state index contributed by atoms with van der Waals surface area (Å²) in [4.78, 5) is 0. The second kappa shape index (κ2) is 10.3. The van der Waals surface area contributed by atoms with E-state index in [4.69, 9.17) is 8.83 Å². The minimum Gasteiger partial charge on any atom is -0.456 e. The highest BCUT2D eigenvalue weighted by Gasteiger charge is 2.21. The molecule has 4 heteroatoms. The maximum Gasteiger partial charge on any atom is 0.159 e. The van der Waals surface area contributed by atoms with Gasteiger partial charge in [-0.2, -0.15) is 0 Å². The molecule has 0 bridgehead atoms. The van der Waals surface area contributed by atoms with E-state index >= 15 is 0 Å². The van der Waals surface area contributed by atoms with Crippen molar-refractivity contribution in [1.29, 1.82) is 0 Å². The number of furan rings is 2. The number of nitrogens with zero attached hydrogens (tertiary/aromatic N) is 2. The van der Waals surface area contributed by atoms with E-state index in [-0.39, 0.29) is 0 Å². The Balaban J connectivity index is 1.19. The lowest BCUT2D eigenvalue weighted by Crippen LogP contribution is -1.95. The molecule has 52 heavy (non-hydrogen) atoms. The van der Waals surface area contributed by atoms with Gasteiger partial charge in [-0.15, -0.1) is 0 Å². The topological polar surface area (TPSA) is 36.1 Å². The average molecular weight is 665 g/mol. The maximum absolute atomic E-state index is 6.91. The highest BCUT2D eigenvalue weighted by molar-refractivity contribution is 6.15. The predicted octanol–water partition coefficient (Wildman–Crippen LogP) is 13.3. The Labute approximate surface area is 296 Å². The Morgan fingerprint density at radius 3 is 1.44 bits per heavy atom. The molecule has 8 aromatic carbocycles. The average Bonchev–Trinajstić information content (AvgIpc) is 3.95. The summed E-state index contributed by atoms with van der Waals surface area (Å²) in [6, 6.07) is 60.7. The summed E-state index contributed by atoms with van der Waals surface area (Å²) >= 11 is 0. The minimum absolute atomic E-state index is 0.856. The van der Waals surface area contributed by atoms with Gasteiger partial charge in [0.2, 0.25) is 0 Å². The van der Waals surface area contributed by atoms with E-state index in [9.17, 15) is 0 Å². The fraction of sp³-hybridized carbons (Fsp3) is 0. The monoisotopic (exact) mass is 664 g/mol. The van der Waals surface area contributed by atoms with Crippen molar-refractivity contribution in [3.63, 3.8) is 0 Å². The van der Waals surface area contributed by atoms with Gasteiger partial charge in [0.25, 0.3) is 0 Å². The number of fused-ring (bicyclic) bond motifs is 12. The van der Waals surface area contributed by atoms with Gasteiger partial charge in [-0.25, -0.2) is 0 Å². The van der Waals surface area contributed by atoms with Gasteiger partial charge in [-0.3, -0.25) is 0 Å². The van der Waals surface area contributed by atoms with E-state index in [2.05, 4.69) is 167 Å². The number of hydrogen-bond acceptors (Lipinski definition) is 2. The van der Waals surface area contributed by atoms with Crippen LogP contribution in [0.4, 0.5) is 0 Å². The SMILES string of the molecule is c1ccc2c(c1)oc1ccc(-c3cc(-n4c5ccccc5c5ccccc54)c4oc5ccc(-n6c7ccccc7c7ccccc76)cc5c4c3)cc12. The Morgan fingerprint density at radius 1 is 0.308 bits per heavy atom. The molecule has 242 valence electrons. The van der Waals surface area contributed by atoms with Crippen LogP contribution in [-0.2, 0) is 0 Å². The number of aromatic nitrogens is 2. The number of hydrogen-bond donors (Lipinski definition) is 0. The first-order chi connectivity index (χ1) is 25.8. The summed E-state index contributed by atoms with van der Waals surface area (Å²) in [6.45, 7) is 0. The zero-order chi connectivity index (χ0) is 33.9. The van der Waals surface area contributed by atoms with Crippen molar-refractivity contribution >= 4 is 87.5 Å². The zero-order valence-corrected chi connectivity index (χ0v) is 27.9. The van der Waals surface area contributed by atoms with Crippen molar-refractivity contribution in [2.24, 2.45) is 0 Å². The lowest BCUT2D eigenvalue weighted by Gasteiger charge is -2.12. The molecule has 0 atom stereocenters. The molecular formula is C48H28N2O2. The molecule has 0 aliphatic carbocycles. The van der Waals surface area contributed by atoms with Crippen LogP contribution < -0.4 is 0 Å². The smallest absolute Gasteiger partial charge is 0.159 e. The molecule has 0 N–H and O–H groups in total. The molecule has 0 fully saturated rings. The minimum atomic E-state index is 0.856. The van der Waals surface area contributed by atoms with Crippen LogP contribution in [0, 0.1) is 0 Å². The summed E-state index contributed by atoms with van der Waals surface area (Å²) in [7, 11) is 0. The van der Waals surface area contributed by atoms with Crippen LogP contribution in [0.25, 0.3) is 110 Å². The molecule has 12 rings (SSSR count). The zero-order valence-electron chi connectivity index (χ0n) is 27.9. The van der Waals surface area contributed by atoms with Gasteiger partial charge in [0.05, 0.1) is 27.8 Å². The van der Waals surface area contributed by atoms with E-state index in [1.165, 1.54) is 32.6 Å². The quantitative estimate of drug-likeness (QED) is 0.188. The molecule has 0 saturated heterocycles. The van der Waals surface area contributed by atoms with Crippen molar-refractivity contribution in [1.82, 2.24) is 9.13 Å². The van der Waals surface area contributed by atoms with Gasteiger partial charge in [0.1, 0.15) is 16.7 Å². The second-order valence-corrected chi connectivity index (χ2v) is 13.7. The van der Waals surface area contributed by atoms with E-state index in [1.54, 1.807) is 0 Å². The van der Waals surface area contributed by atoms with Gasteiger partial charge in [-0.1, -0.05) is 97.1 Å². The standard InChI is InChI=1S/C48H28N2O2/c1-6-16-40-32(11-1)33-12-2-7-17-41(33)49(40)31-22-24-47-38(28-31)39-26-30(29-21-23-46-37(25-29)36-15-5-10-20-45(36)51-46)27-44(48(39)52-47)50-42-18-8-3-13-34(42)35-14-4-9-19-43(35)50/h1-28H. The van der Waals surface area contributed by atoms with Crippen LogP contribution >= 0.6 is 0 Å². The van der Waals surface area contributed by atoms with Crippen LogP contribution in [0.15, 0.2) is 179 Å². The lowest BCUT2D eigenvalue weighted by molar-refractivity contribution is 0.666. The van der Waals surface area contributed by atoms with Crippen LogP contribution in [0.2, 0.25) is 0 Å². The second-order valence-electron chi connectivity index (χ2n) is 13.7. The third kappa shape index (κ3) is 3.75. The molecule has 0 radical (unpaired) electrons. The molecular weight excluding hydrogens is 637 g/mol. The van der Waals surface area contributed by atoms with Gasteiger partial charge < -0.3 is 18.0 Å². The molecule has 0 spiro atoms. The Hall–Kier alpha value is -7.04. The summed E-state index contributed by atoms with van der Waals surface area (Å²) in [5.74, 6) is 0. The maximum atomic E-state index is 6.91. The van der Waals surface area contributed by atoms with Crippen LogP contribution in [0.3, 0.4) is 0 Å². The Morgan fingerprint density at radius 2 is 0.788 bits per heavy atom. The first-order valence-electron chi connectivity index (χ1n) is 17.7. The van der Waals surface area contributed by atoms with Crippen molar-refractivity contribution in [2.45, 2.75) is 0 Å². The predicted molar refractivity (Wildman–Crippen MR) is 215 cm³/mol. The first-order valence-corrected chi connectivity index (χ1v) is 17.7. The number of para-hydroxylation sites is 5. The number of benzene rings is 8. The van der Waals surface area contributed by atoms with Gasteiger partial charge in [-0.05, 0) is 83.9 Å². The molecule has 0 aliphatic rings. The number of rotatable bonds is 3. The van der Waals surface area contributed by atoms with E-state index in [0.29, 0.717) is 0 Å². The summed E-state index contributed by atoms with van der Waals surface area (Å²) in [5, 5.41) is 9.30. The fourth-order valence-electron chi connectivity index (χ4n) is 8.61. The summed E-state index contributed by atoms with van der Waals surface area (Å²) < 4.78 is 17.9. The van der Waals surface area contributed by atoms with Crippen LogP contribution in [0.1, 0.15) is 0 Å². The van der Waals surface area contributed by atoms with E-state index in [1.807, 2.05) is 12.1 Å². The van der Waals surface area contributed by atoms with Crippen molar-refractivity contribution in [3.05, 3.63) is 170 Å². The highest BCUT2D eigenvalue weighted by atomic mass is 16.3. The van der Waals surface area contributed by atoms with E-state index < -0.39 is 0 Å². The first kappa shape index (κ1) is 27.7. The molecule has 0 amide bonds. The molecule has 4 nitrogen and oxygen atoms in total.